The summed E-state index contributed by atoms with van der Waals surface area (Å²) < 4.78 is 6.01. The Kier molecular flexibility index (Phi) is 3.46. The van der Waals surface area contributed by atoms with Crippen LogP contribution in [0.1, 0.15) is 42.1 Å². The smallest absolute Gasteiger partial charge is 0.0840 e. The number of rotatable bonds is 3. The van der Waals surface area contributed by atoms with E-state index in [1.54, 1.807) is 5.56 Å². The van der Waals surface area contributed by atoms with Gasteiger partial charge in [-0.15, -0.1) is 6.58 Å². The van der Waals surface area contributed by atoms with Gasteiger partial charge in [0, 0.05) is 5.41 Å². The number of benzene rings is 1. The first-order chi connectivity index (χ1) is 9.25. The van der Waals surface area contributed by atoms with Gasteiger partial charge in [0.05, 0.1) is 12.7 Å². The van der Waals surface area contributed by atoms with Crippen LogP contribution >= 0.6 is 0 Å². The van der Waals surface area contributed by atoms with Crippen molar-refractivity contribution in [2.24, 2.45) is 0 Å². The maximum Gasteiger partial charge on any atom is 0.0840 e. The molecular formula is C17H23NO. The van der Waals surface area contributed by atoms with E-state index in [0.717, 1.165) is 19.5 Å². The predicted molar refractivity (Wildman–Crippen MR) is 78.5 cm³/mol. The molecule has 19 heavy (non-hydrogen) atoms. The van der Waals surface area contributed by atoms with Gasteiger partial charge in [-0.3, -0.25) is 0 Å². The second kappa shape index (κ2) is 5.10. The van der Waals surface area contributed by atoms with Crippen molar-refractivity contribution in [3.05, 3.63) is 47.5 Å². The Bertz CT molecular complexity index is 474. The number of piperidine rings is 1. The highest BCUT2D eigenvalue weighted by molar-refractivity contribution is 5.44. The van der Waals surface area contributed by atoms with Crippen molar-refractivity contribution in [2.45, 2.75) is 37.7 Å². The second-order valence-corrected chi connectivity index (χ2v) is 5.94. The maximum absolute atomic E-state index is 6.01. The number of nitrogens with one attached hydrogen (secondary N) is 1. The van der Waals surface area contributed by atoms with Crippen molar-refractivity contribution < 1.29 is 4.74 Å². The van der Waals surface area contributed by atoms with Crippen LogP contribution < -0.4 is 5.32 Å². The van der Waals surface area contributed by atoms with Crippen molar-refractivity contribution in [1.82, 2.24) is 5.32 Å². The van der Waals surface area contributed by atoms with Crippen molar-refractivity contribution in [2.75, 3.05) is 19.7 Å². The van der Waals surface area contributed by atoms with Gasteiger partial charge in [-0.25, -0.2) is 0 Å². The van der Waals surface area contributed by atoms with Crippen LogP contribution in [0.2, 0.25) is 0 Å². The summed E-state index contributed by atoms with van der Waals surface area (Å²) in [6.45, 7) is 8.85. The van der Waals surface area contributed by atoms with E-state index < -0.39 is 0 Å². The third kappa shape index (κ3) is 2.24. The molecule has 1 fully saturated rings. The molecule has 3 rings (SSSR count). The zero-order chi connectivity index (χ0) is 13.3. The highest BCUT2D eigenvalue weighted by Gasteiger charge is 2.44. The Morgan fingerprint density at radius 2 is 2.21 bits per heavy atom. The van der Waals surface area contributed by atoms with E-state index in [1.807, 2.05) is 6.08 Å². The summed E-state index contributed by atoms with van der Waals surface area (Å²) >= 11 is 0. The molecule has 1 aromatic carbocycles. The summed E-state index contributed by atoms with van der Waals surface area (Å²) in [6.07, 6.45) is 5.71. The monoisotopic (exact) mass is 257 g/mol. The van der Waals surface area contributed by atoms with Gasteiger partial charge < -0.3 is 10.1 Å². The molecule has 1 aliphatic heterocycles. The number of hydrogen-bond donors (Lipinski definition) is 1. The maximum atomic E-state index is 6.01. The first-order valence-electron chi connectivity index (χ1n) is 7.29. The molecule has 1 N–H and O–H groups in total. The van der Waals surface area contributed by atoms with E-state index >= 15 is 0 Å². The van der Waals surface area contributed by atoms with Crippen LogP contribution in [0.25, 0.3) is 0 Å². The van der Waals surface area contributed by atoms with Crippen molar-refractivity contribution >= 4 is 0 Å². The van der Waals surface area contributed by atoms with E-state index in [1.165, 1.54) is 24.0 Å². The second-order valence-electron chi connectivity index (χ2n) is 5.94. The third-order valence-corrected chi connectivity index (χ3v) is 4.68. The van der Waals surface area contributed by atoms with Crippen LogP contribution in [0, 0.1) is 6.92 Å². The molecule has 1 heterocycles. The Morgan fingerprint density at radius 1 is 1.42 bits per heavy atom. The highest BCUT2D eigenvalue weighted by Crippen LogP contribution is 2.51. The fourth-order valence-electron chi connectivity index (χ4n) is 3.70. The topological polar surface area (TPSA) is 21.3 Å². The van der Waals surface area contributed by atoms with Crippen LogP contribution in [0.3, 0.4) is 0 Å². The third-order valence-electron chi connectivity index (χ3n) is 4.68. The van der Waals surface area contributed by atoms with Gasteiger partial charge in [-0.05, 0) is 50.4 Å². The lowest BCUT2D eigenvalue weighted by molar-refractivity contribution is 0.0577. The first kappa shape index (κ1) is 12.9. The molecule has 0 amide bonds. The summed E-state index contributed by atoms with van der Waals surface area (Å²) in [5, 5.41) is 3.48. The van der Waals surface area contributed by atoms with E-state index in [4.69, 9.17) is 4.74 Å². The summed E-state index contributed by atoms with van der Waals surface area (Å²) in [7, 11) is 0. The van der Waals surface area contributed by atoms with Gasteiger partial charge >= 0.3 is 0 Å². The lowest BCUT2D eigenvalue weighted by Crippen LogP contribution is -2.38. The standard InChI is InChI=1S/C17H23NO/c1-3-10-19-16-12-17(6-8-18-9-7-17)15-11-13(2)4-5-14(15)16/h3-5,11,16,18H,1,6-10,12H2,2H3/t16-/m1/s1. The molecule has 0 unspecified atom stereocenters. The van der Waals surface area contributed by atoms with Crippen LogP contribution in [-0.2, 0) is 10.2 Å². The minimum Gasteiger partial charge on any atom is -0.369 e. The Labute approximate surface area is 115 Å². The van der Waals surface area contributed by atoms with E-state index in [2.05, 4.69) is 37.0 Å². The van der Waals surface area contributed by atoms with E-state index in [0.29, 0.717) is 12.0 Å². The average Bonchev–Trinajstić information content (AvgIpc) is 2.71. The Balaban J connectivity index is 1.97. The van der Waals surface area contributed by atoms with Gasteiger partial charge in [0.25, 0.3) is 0 Å². The molecule has 0 radical (unpaired) electrons. The molecule has 2 heteroatoms. The van der Waals surface area contributed by atoms with E-state index in [-0.39, 0.29) is 6.10 Å². The van der Waals surface area contributed by atoms with Gasteiger partial charge in [0.2, 0.25) is 0 Å². The SMILES string of the molecule is C=CCO[C@@H]1CC2(CCNCC2)c2cc(C)ccc21. The lowest BCUT2D eigenvalue weighted by atomic mass is 9.74. The fourth-order valence-corrected chi connectivity index (χ4v) is 3.70. The molecular weight excluding hydrogens is 234 g/mol. The molecule has 1 atom stereocenters. The molecule has 0 aromatic heterocycles. The first-order valence-corrected chi connectivity index (χ1v) is 7.29. The number of aryl methyl sites for hydroxylation is 1. The summed E-state index contributed by atoms with van der Waals surface area (Å²) in [5.74, 6) is 0. The average molecular weight is 257 g/mol. The zero-order valence-electron chi connectivity index (χ0n) is 11.7. The van der Waals surface area contributed by atoms with Gasteiger partial charge in [-0.2, -0.15) is 0 Å². The number of fused-ring (bicyclic) bond motifs is 2. The molecule has 0 saturated carbocycles. The molecule has 2 aliphatic rings. The zero-order valence-corrected chi connectivity index (χ0v) is 11.7. The summed E-state index contributed by atoms with van der Waals surface area (Å²) in [5.41, 5.74) is 4.66. The summed E-state index contributed by atoms with van der Waals surface area (Å²) in [6, 6.07) is 6.87. The van der Waals surface area contributed by atoms with Gasteiger partial charge in [0.1, 0.15) is 0 Å². The quantitative estimate of drug-likeness (QED) is 0.839. The minimum atomic E-state index is 0.256. The van der Waals surface area contributed by atoms with Gasteiger partial charge in [-0.1, -0.05) is 29.8 Å². The molecule has 102 valence electrons. The van der Waals surface area contributed by atoms with Crippen LogP contribution in [-0.4, -0.2) is 19.7 Å². The molecule has 2 nitrogen and oxygen atoms in total. The molecule has 1 aliphatic carbocycles. The molecule has 1 aromatic rings. The highest BCUT2D eigenvalue weighted by atomic mass is 16.5. The lowest BCUT2D eigenvalue weighted by Gasteiger charge is -2.35. The minimum absolute atomic E-state index is 0.256. The number of hydrogen-bond acceptors (Lipinski definition) is 2. The van der Waals surface area contributed by atoms with Crippen LogP contribution in [0.4, 0.5) is 0 Å². The Morgan fingerprint density at radius 3 is 2.95 bits per heavy atom. The van der Waals surface area contributed by atoms with Gasteiger partial charge in [0.15, 0.2) is 0 Å². The molecule has 0 bridgehead atoms. The fraction of sp³-hybridized carbons (Fsp3) is 0.529. The normalized spacial score (nSPS) is 24.4. The van der Waals surface area contributed by atoms with Crippen LogP contribution in [0.5, 0.6) is 0 Å². The number of ether oxygens (including phenoxy) is 1. The summed E-state index contributed by atoms with van der Waals surface area (Å²) in [4.78, 5) is 0. The van der Waals surface area contributed by atoms with Crippen molar-refractivity contribution in [3.63, 3.8) is 0 Å². The van der Waals surface area contributed by atoms with Crippen LogP contribution in [0.15, 0.2) is 30.9 Å². The van der Waals surface area contributed by atoms with E-state index in [9.17, 15) is 0 Å². The van der Waals surface area contributed by atoms with Crippen molar-refractivity contribution in [1.29, 1.82) is 0 Å². The molecule has 1 spiro atoms. The Hall–Kier alpha value is -1.12. The molecule has 1 saturated heterocycles. The van der Waals surface area contributed by atoms with Crippen molar-refractivity contribution in [3.8, 4) is 0 Å². The largest absolute Gasteiger partial charge is 0.369 e. The predicted octanol–water partition coefficient (Wildman–Crippen LogP) is 3.26.